The molecule has 0 saturated carbocycles. The number of aliphatic carboxylic acids is 2. The number of allylic oxidation sites excluding steroid dienone is 3. The van der Waals surface area contributed by atoms with Crippen LogP contribution in [0.15, 0.2) is 36.5 Å². The van der Waals surface area contributed by atoms with E-state index in [9.17, 15) is 9.59 Å². The molecular formula is C9H10O4. The van der Waals surface area contributed by atoms with Crippen molar-refractivity contribution in [2.75, 3.05) is 0 Å². The fraction of sp³-hybridized carbons (Fsp3) is 0.111. The molecule has 0 aromatic heterocycles. The first kappa shape index (κ1) is 11.2. The Hall–Kier alpha value is -1.84. The molecule has 0 aliphatic heterocycles. The van der Waals surface area contributed by atoms with E-state index in [1.54, 1.807) is 0 Å². The van der Waals surface area contributed by atoms with Gasteiger partial charge >= 0.3 is 11.9 Å². The Bertz CT molecular complexity index is 286. The molecule has 0 aromatic carbocycles. The summed E-state index contributed by atoms with van der Waals surface area (Å²) < 4.78 is 0. The predicted molar refractivity (Wildman–Crippen MR) is 47.3 cm³/mol. The van der Waals surface area contributed by atoms with Gasteiger partial charge in [0.05, 0.1) is 6.42 Å². The van der Waals surface area contributed by atoms with E-state index >= 15 is 0 Å². The van der Waals surface area contributed by atoms with Crippen LogP contribution in [0, 0.1) is 0 Å². The van der Waals surface area contributed by atoms with Crippen molar-refractivity contribution in [3.8, 4) is 0 Å². The minimum atomic E-state index is -1.26. The average molecular weight is 182 g/mol. The zero-order valence-corrected chi connectivity index (χ0v) is 6.99. The van der Waals surface area contributed by atoms with Gasteiger partial charge < -0.3 is 10.2 Å². The van der Waals surface area contributed by atoms with Crippen molar-refractivity contribution < 1.29 is 19.8 Å². The maximum absolute atomic E-state index is 10.5. The summed E-state index contributed by atoms with van der Waals surface area (Å²) >= 11 is 0. The topological polar surface area (TPSA) is 74.6 Å². The van der Waals surface area contributed by atoms with Gasteiger partial charge in [-0.2, -0.15) is 0 Å². The molecule has 70 valence electrons. The zero-order valence-electron chi connectivity index (χ0n) is 6.99. The maximum atomic E-state index is 10.5. The molecule has 0 fully saturated rings. The summed E-state index contributed by atoms with van der Waals surface area (Å²) in [5.41, 5.74) is 0.163. The Balaban J connectivity index is 4.69. The van der Waals surface area contributed by atoms with E-state index in [2.05, 4.69) is 13.2 Å². The molecule has 0 aromatic rings. The molecule has 4 nitrogen and oxygen atoms in total. The lowest BCUT2D eigenvalue weighted by atomic mass is 10.1. The minimum Gasteiger partial charge on any atom is -0.481 e. The molecule has 2 N–H and O–H groups in total. The van der Waals surface area contributed by atoms with Crippen molar-refractivity contribution >= 4 is 11.9 Å². The highest BCUT2D eigenvalue weighted by Gasteiger charge is 2.11. The second-order valence-corrected chi connectivity index (χ2v) is 2.32. The molecular weight excluding hydrogens is 172 g/mol. The van der Waals surface area contributed by atoms with Gasteiger partial charge in [0.2, 0.25) is 0 Å². The lowest BCUT2D eigenvalue weighted by Gasteiger charge is -1.97. The lowest BCUT2D eigenvalue weighted by molar-refractivity contribution is -0.139. The molecule has 13 heavy (non-hydrogen) atoms. The molecule has 0 heterocycles. The van der Waals surface area contributed by atoms with Gasteiger partial charge in [-0.15, -0.1) is 0 Å². The summed E-state index contributed by atoms with van der Waals surface area (Å²) in [4.78, 5) is 20.7. The molecule has 0 rings (SSSR count). The number of rotatable bonds is 5. The van der Waals surface area contributed by atoms with Crippen molar-refractivity contribution in [2.24, 2.45) is 0 Å². The van der Waals surface area contributed by atoms with Crippen molar-refractivity contribution in [3.63, 3.8) is 0 Å². The fourth-order valence-corrected chi connectivity index (χ4v) is 0.634. The molecule has 4 heteroatoms. The first-order valence-electron chi connectivity index (χ1n) is 3.44. The summed E-state index contributed by atoms with van der Waals surface area (Å²) in [6.07, 6.45) is 2.01. The SMILES string of the molecule is C=CC(=C)C=C(CC(=O)O)C(=O)O. The molecule has 0 radical (unpaired) electrons. The van der Waals surface area contributed by atoms with Gasteiger partial charge in [-0.3, -0.25) is 4.79 Å². The number of carboxylic acid groups (broad SMARTS) is 2. The monoisotopic (exact) mass is 182 g/mol. The van der Waals surface area contributed by atoms with Gasteiger partial charge in [-0.05, 0) is 11.6 Å². The molecule has 0 bridgehead atoms. The highest BCUT2D eigenvalue weighted by Crippen LogP contribution is 2.06. The third-order valence-corrected chi connectivity index (χ3v) is 1.24. The summed E-state index contributed by atoms with van der Waals surface area (Å²) in [6, 6.07) is 0. The van der Waals surface area contributed by atoms with Crippen LogP contribution in [-0.2, 0) is 9.59 Å². The third kappa shape index (κ3) is 4.58. The minimum absolute atomic E-state index is 0.211. The molecule has 0 saturated heterocycles. The van der Waals surface area contributed by atoms with Crippen molar-refractivity contribution in [2.45, 2.75) is 6.42 Å². The van der Waals surface area contributed by atoms with Gasteiger partial charge in [-0.25, -0.2) is 4.79 Å². The lowest BCUT2D eigenvalue weighted by Crippen LogP contribution is -2.06. The third-order valence-electron chi connectivity index (χ3n) is 1.24. The standard InChI is InChI=1S/C9H10O4/c1-3-6(2)4-7(9(12)13)5-8(10)11/h3-4H,1-2,5H2,(H,10,11)(H,12,13). The zero-order chi connectivity index (χ0) is 10.4. The van der Waals surface area contributed by atoms with Crippen LogP contribution in [0.2, 0.25) is 0 Å². The van der Waals surface area contributed by atoms with Crippen molar-refractivity contribution in [1.82, 2.24) is 0 Å². The Labute approximate surface area is 75.5 Å². The number of carbonyl (C=O) groups is 2. The van der Waals surface area contributed by atoms with E-state index in [0.717, 1.165) is 0 Å². The smallest absolute Gasteiger partial charge is 0.332 e. The van der Waals surface area contributed by atoms with Crippen LogP contribution in [0.3, 0.4) is 0 Å². The molecule has 0 atom stereocenters. The van der Waals surface area contributed by atoms with Crippen molar-refractivity contribution in [1.29, 1.82) is 0 Å². The van der Waals surface area contributed by atoms with Crippen LogP contribution in [0.25, 0.3) is 0 Å². The number of hydrogen-bond donors (Lipinski definition) is 2. The fourth-order valence-electron chi connectivity index (χ4n) is 0.634. The van der Waals surface area contributed by atoms with E-state index in [1.165, 1.54) is 12.2 Å². The van der Waals surface area contributed by atoms with Crippen LogP contribution in [0.4, 0.5) is 0 Å². The molecule has 0 aliphatic carbocycles. The quantitative estimate of drug-likeness (QED) is 0.495. The van der Waals surface area contributed by atoms with Crippen LogP contribution in [-0.4, -0.2) is 22.2 Å². The second-order valence-electron chi connectivity index (χ2n) is 2.32. The highest BCUT2D eigenvalue weighted by atomic mass is 16.4. The average Bonchev–Trinajstić information content (AvgIpc) is 2.02. The number of carboxylic acids is 2. The second kappa shape index (κ2) is 4.92. The van der Waals surface area contributed by atoms with E-state index in [1.807, 2.05) is 0 Å². The van der Waals surface area contributed by atoms with E-state index in [-0.39, 0.29) is 5.57 Å². The summed E-state index contributed by atoms with van der Waals surface area (Å²) in [5.74, 6) is -2.45. The molecule has 0 amide bonds. The van der Waals surface area contributed by atoms with Gasteiger partial charge in [0, 0.05) is 5.57 Å². The Morgan fingerprint density at radius 3 is 2.15 bits per heavy atom. The van der Waals surface area contributed by atoms with Crippen LogP contribution < -0.4 is 0 Å². The molecule has 0 aliphatic rings. The summed E-state index contributed by atoms with van der Waals surface area (Å²) in [7, 11) is 0. The number of hydrogen-bond acceptors (Lipinski definition) is 2. The normalized spacial score (nSPS) is 10.6. The molecule has 0 unspecified atom stereocenters. The molecule has 0 spiro atoms. The first-order chi connectivity index (χ1) is 5.97. The van der Waals surface area contributed by atoms with Crippen LogP contribution in [0.1, 0.15) is 6.42 Å². The van der Waals surface area contributed by atoms with E-state index in [4.69, 9.17) is 10.2 Å². The van der Waals surface area contributed by atoms with Crippen LogP contribution >= 0.6 is 0 Å². The van der Waals surface area contributed by atoms with Gasteiger partial charge in [0.15, 0.2) is 0 Å². The van der Waals surface area contributed by atoms with E-state index in [0.29, 0.717) is 5.57 Å². The summed E-state index contributed by atoms with van der Waals surface area (Å²) in [5, 5.41) is 16.9. The highest BCUT2D eigenvalue weighted by molar-refractivity contribution is 5.92. The van der Waals surface area contributed by atoms with Gasteiger partial charge in [-0.1, -0.05) is 19.2 Å². The largest absolute Gasteiger partial charge is 0.481 e. The van der Waals surface area contributed by atoms with E-state index < -0.39 is 18.4 Å². The maximum Gasteiger partial charge on any atom is 0.332 e. The van der Waals surface area contributed by atoms with Crippen LogP contribution in [0.5, 0.6) is 0 Å². The Kier molecular flexibility index (Phi) is 4.23. The Morgan fingerprint density at radius 2 is 1.85 bits per heavy atom. The Morgan fingerprint density at radius 1 is 1.31 bits per heavy atom. The summed E-state index contributed by atoms with van der Waals surface area (Å²) in [6.45, 7) is 6.82. The first-order valence-corrected chi connectivity index (χ1v) is 3.44. The predicted octanol–water partition coefficient (Wildman–Crippen LogP) is 1.21. The van der Waals surface area contributed by atoms with Crippen molar-refractivity contribution in [3.05, 3.63) is 36.5 Å². The van der Waals surface area contributed by atoms with Gasteiger partial charge in [0.25, 0.3) is 0 Å². The van der Waals surface area contributed by atoms with Gasteiger partial charge in [0.1, 0.15) is 0 Å².